The molecule has 18 heavy (non-hydrogen) atoms. The minimum atomic E-state index is 0.131. The van der Waals surface area contributed by atoms with Crippen molar-refractivity contribution in [1.29, 1.82) is 0 Å². The number of nitrogens with zero attached hydrogens (tertiary/aromatic N) is 2. The number of likely N-dealkylation sites (N-methyl/N-ethyl adjacent to an activating group) is 1. The largest absolute Gasteiger partial charge is 0.342 e. The maximum atomic E-state index is 12.1. The van der Waals surface area contributed by atoms with Gasteiger partial charge in [0.15, 0.2) is 0 Å². The summed E-state index contributed by atoms with van der Waals surface area (Å²) in [4.78, 5) is 18.3. The smallest absolute Gasteiger partial charge is 0.229 e. The third kappa shape index (κ3) is 4.44. The fourth-order valence-corrected chi connectivity index (χ4v) is 3.50. The molecule has 1 aromatic rings. The normalized spacial score (nSPS) is 12.4. The summed E-state index contributed by atoms with van der Waals surface area (Å²) in [6.45, 7) is 2.11. The number of amides is 1. The van der Waals surface area contributed by atoms with Gasteiger partial charge in [-0.05, 0) is 12.7 Å². The molecule has 1 rings (SSSR count). The number of thiazole rings is 1. The SMILES string of the molecule is CCC(CSC)N(C)C(=O)Cc1nc(CCl)cs1. The highest BCUT2D eigenvalue weighted by molar-refractivity contribution is 7.98. The number of carbonyl (C=O) groups is 1. The van der Waals surface area contributed by atoms with Gasteiger partial charge in [-0.1, -0.05) is 6.92 Å². The van der Waals surface area contributed by atoms with Gasteiger partial charge in [-0.2, -0.15) is 11.8 Å². The van der Waals surface area contributed by atoms with E-state index in [0.717, 1.165) is 22.9 Å². The van der Waals surface area contributed by atoms with Crippen molar-refractivity contribution in [1.82, 2.24) is 9.88 Å². The van der Waals surface area contributed by atoms with E-state index in [4.69, 9.17) is 11.6 Å². The van der Waals surface area contributed by atoms with Crippen LogP contribution in [0.5, 0.6) is 0 Å². The lowest BCUT2D eigenvalue weighted by Crippen LogP contribution is -2.39. The Hall–Kier alpha value is -0.260. The molecule has 0 aromatic carbocycles. The molecule has 0 N–H and O–H groups in total. The van der Waals surface area contributed by atoms with Crippen LogP contribution in [0.25, 0.3) is 0 Å². The van der Waals surface area contributed by atoms with Crippen LogP contribution in [0.1, 0.15) is 24.0 Å². The highest BCUT2D eigenvalue weighted by Gasteiger charge is 2.19. The number of thioether (sulfide) groups is 1. The van der Waals surface area contributed by atoms with Crippen molar-refractivity contribution in [3.63, 3.8) is 0 Å². The highest BCUT2D eigenvalue weighted by atomic mass is 35.5. The molecule has 0 aliphatic heterocycles. The van der Waals surface area contributed by atoms with Crippen LogP contribution >= 0.6 is 34.7 Å². The first-order valence-electron chi connectivity index (χ1n) is 5.86. The summed E-state index contributed by atoms with van der Waals surface area (Å²) >= 11 is 8.97. The van der Waals surface area contributed by atoms with Crippen LogP contribution in [-0.2, 0) is 17.1 Å². The van der Waals surface area contributed by atoms with E-state index < -0.39 is 0 Å². The minimum Gasteiger partial charge on any atom is -0.342 e. The van der Waals surface area contributed by atoms with Gasteiger partial charge >= 0.3 is 0 Å². The summed E-state index contributed by atoms with van der Waals surface area (Å²) in [5.41, 5.74) is 0.850. The minimum absolute atomic E-state index is 0.131. The molecule has 1 atom stereocenters. The van der Waals surface area contributed by atoms with E-state index in [9.17, 15) is 4.79 Å². The van der Waals surface area contributed by atoms with Crippen molar-refractivity contribution in [2.75, 3.05) is 19.1 Å². The molecule has 102 valence electrons. The number of halogens is 1. The third-order valence-electron chi connectivity index (χ3n) is 2.81. The average molecular weight is 307 g/mol. The van der Waals surface area contributed by atoms with Gasteiger partial charge in [-0.15, -0.1) is 22.9 Å². The summed E-state index contributed by atoms with van der Waals surface area (Å²) in [6.07, 6.45) is 3.42. The van der Waals surface area contributed by atoms with Crippen LogP contribution in [0.2, 0.25) is 0 Å². The molecule has 0 spiro atoms. The van der Waals surface area contributed by atoms with Crippen LogP contribution in [-0.4, -0.2) is 40.9 Å². The number of aromatic nitrogens is 1. The van der Waals surface area contributed by atoms with Crippen LogP contribution in [0.15, 0.2) is 5.38 Å². The van der Waals surface area contributed by atoms with E-state index in [1.807, 2.05) is 17.3 Å². The van der Waals surface area contributed by atoms with Crippen molar-refractivity contribution in [3.8, 4) is 0 Å². The molecule has 3 nitrogen and oxygen atoms in total. The van der Waals surface area contributed by atoms with Crippen LogP contribution < -0.4 is 0 Å². The fourth-order valence-electron chi connectivity index (χ4n) is 1.65. The molecule has 6 heteroatoms. The van der Waals surface area contributed by atoms with E-state index in [-0.39, 0.29) is 5.91 Å². The van der Waals surface area contributed by atoms with Crippen molar-refractivity contribution in [2.24, 2.45) is 0 Å². The Labute approximate surface area is 122 Å². The lowest BCUT2D eigenvalue weighted by atomic mass is 10.2. The molecule has 1 unspecified atom stereocenters. The van der Waals surface area contributed by atoms with E-state index >= 15 is 0 Å². The van der Waals surface area contributed by atoms with Crippen LogP contribution in [0.3, 0.4) is 0 Å². The first kappa shape index (κ1) is 15.8. The first-order chi connectivity index (χ1) is 8.62. The average Bonchev–Trinajstić information content (AvgIpc) is 2.82. The zero-order valence-electron chi connectivity index (χ0n) is 11.0. The molecule has 1 aromatic heterocycles. The molecule has 0 aliphatic carbocycles. The Morgan fingerprint density at radius 1 is 1.67 bits per heavy atom. The lowest BCUT2D eigenvalue weighted by molar-refractivity contribution is -0.130. The van der Waals surface area contributed by atoms with Crippen molar-refractivity contribution >= 4 is 40.6 Å². The Bertz CT molecular complexity index is 384. The molecule has 1 heterocycles. The second kappa shape index (κ2) is 8.02. The predicted molar refractivity (Wildman–Crippen MR) is 80.6 cm³/mol. The zero-order chi connectivity index (χ0) is 13.5. The van der Waals surface area contributed by atoms with Gasteiger partial charge in [-0.3, -0.25) is 4.79 Å². The van der Waals surface area contributed by atoms with Gasteiger partial charge in [0.25, 0.3) is 0 Å². The second-order valence-corrected chi connectivity index (χ2v) is 6.19. The Kier molecular flexibility index (Phi) is 7.04. The van der Waals surface area contributed by atoms with E-state index in [2.05, 4.69) is 18.2 Å². The first-order valence-corrected chi connectivity index (χ1v) is 8.67. The Morgan fingerprint density at radius 2 is 2.39 bits per heavy atom. The van der Waals surface area contributed by atoms with Crippen LogP contribution in [0.4, 0.5) is 0 Å². The molecule has 0 radical (unpaired) electrons. The molecule has 0 bridgehead atoms. The number of hydrogen-bond donors (Lipinski definition) is 0. The van der Waals surface area contributed by atoms with Crippen molar-refractivity contribution in [3.05, 3.63) is 16.1 Å². The molecule has 0 saturated heterocycles. The number of hydrogen-bond acceptors (Lipinski definition) is 4. The second-order valence-electron chi connectivity index (χ2n) is 4.07. The number of carbonyl (C=O) groups excluding carboxylic acids is 1. The highest BCUT2D eigenvalue weighted by Crippen LogP contribution is 2.15. The van der Waals surface area contributed by atoms with E-state index in [1.165, 1.54) is 11.3 Å². The van der Waals surface area contributed by atoms with Crippen molar-refractivity contribution in [2.45, 2.75) is 31.7 Å². The van der Waals surface area contributed by atoms with Gasteiger partial charge in [0.05, 0.1) is 18.0 Å². The van der Waals surface area contributed by atoms with Gasteiger partial charge in [0.2, 0.25) is 5.91 Å². The maximum Gasteiger partial charge on any atom is 0.229 e. The topological polar surface area (TPSA) is 33.2 Å². The van der Waals surface area contributed by atoms with E-state index in [1.54, 1.807) is 11.8 Å². The summed E-state index contributed by atoms with van der Waals surface area (Å²) in [7, 11) is 1.88. The summed E-state index contributed by atoms with van der Waals surface area (Å²) in [5.74, 6) is 1.51. The summed E-state index contributed by atoms with van der Waals surface area (Å²) in [5, 5.41) is 2.76. The van der Waals surface area contributed by atoms with Gasteiger partial charge in [0, 0.05) is 24.2 Å². The predicted octanol–water partition coefficient (Wildman–Crippen LogP) is 3.02. The zero-order valence-corrected chi connectivity index (χ0v) is 13.4. The van der Waals surface area contributed by atoms with Gasteiger partial charge < -0.3 is 4.90 Å². The molecule has 0 aliphatic rings. The maximum absolute atomic E-state index is 12.1. The third-order valence-corrected chi connectivity index (χ3v) is 4.70. The molecule has 1 amide bonds. The lowest BCUT2D eigenvalue weighted by Gasteiger charge is -2.26. The monoisotopic (exact) mass is 306 g/mol. The van der Waals surface area contributed by atoms with E-state index in [0.29, 0.717) is 18.3 Å². The summed E-state index contributed by atoms with van der Waals surface area (Å²) in [6, 6.07) is 0.306. The Morgan fingerprint density at radius 3 is 2.89 bits per heavy atom. The fraction of sp³-hybridized carbons (Fsp3) is 0.667. The van der Waals surface area contributed by atoms with Gasteiger partial charge in [0.1, 0.15) is 5.01 Å². The Balaban J connectivity index is 2.58. The molecular formula is C12H19ClN2OS2. The van der Waals surface area contributed by atoms with Crippen LogP contribution in [0, 0.1) is 0 Å². The van der Waals surface area contributed by atoms with Gasteiger partial charge in [-0.25, -0.2) is 4.98 Å². The van der Waals surface area contributed by atoms with Crippen molar-refractivity contribution < 1.29 is 4.79 Å². The molecular weight excluding hydrogens is 288 g/mol. The molecule has 0 fully saturated rings. The standard InChI is InChI=1S/C12H19ClN2OS2/c1-4-10(8-17-3)15(2)12(16)5-11-14-9(6-13)7-18-11/h7,10H,4-6,8H2,1-3H3. The quantitative estimate of drug-likeness (QED) is 0.726. The summed E-state index contributed by atoms with van der Waals surface area (Å²) < 4.78 is 0. The molecule has 0 saturated carbocycles. The number of rotatable bonds is 7. The number of alkyl halides is 1.